The molecular weight excluding hydrogens is 356 g/mol. The first-order valence-corrected chi connectivity index (χ1v) is 7.93. The van der Waals surface area contributed by atoms with E-state index >= 15 is 0 Å². The zero-order valence-corrected chi connectivity index (χ0v) is 14.7. The highest BCUT2D eigenvalue weighted by atomic mass is 35.5. The van der Waals surface area contributed by atoms with Crippen LogP contribution in [0.25, 0.3) is 0 Å². The molecule has 1 N–H and O–H groups in total. The van der Waals surface area contributed by atoms with Gasteiger partial charge in [0.05, 0.1) is 23.5 Å². The van der Waals surface area contributed by atoms with Gasteiger partial charge >= 0.3 is 6.61 Å². The standard InChI is InChI=1S/C16H18ClF2N3O3/c1-4-24-14-7-11(5-6-13(14)25-16(18)19)21-15(23)10(3)22-9(2)12(17)8-20-22/h5-8,10,16H,4H2,1-3H3,(H,21,23). The smallest absolute Gasteiger partial charge is 0.387 e. The van der Waals surface area contributed by atoms with Gasteiger partial charge in [-0.15, -0.1) is 0 Å². The zero-order valence-electron chi connectivity index (χ0n) is 13.9. The number of nitrogens with one attached hydrogen (secondary N) is 1. The summed E-state index contributed by atoms with van der Waals surface area (Å²) in [5, 5.41) is 7.22. The number of anilines is 1. The Bertz CT molecular complexity index is 752. The molecule has 1 aromatic carbocycles. The first-order chi connectivity index (χ1) is 11.8. The lowest BCUT2D eigenvalue weighted by Crippen LogP contribution is -2.25. The summed E-state index contributed by atoms with van der Waals surface area (Å²) in [5.41, 5.74) is 1.05. The van der Waals surface area contributed by atoms with Crippen molar-refractivity contribution >= 4 is 23.2 Å². The largest absolute Gasteiger partial charge is 0.490 e. The van der Waals surface area contributed by atoms with Gasteiger partial charge in [0.15, 0.2) is 11.5 Å². The molecule has 1 amide bonds. The first kappa shape index (κ1) is 19.0. The number of alkyl halides is 2. The summed E-state index contributed by atoms with van der Waals surface area (Å²) in [5.74, 6) is -0.322. The van der Waals surface area contributed by atoms with Gasteiger partial charge in [-0.05, 0) is 32.9 Å². The first-order valence-electron chi connectivity index (χ1n) is 7.55. The Morgan fingerprint density at radius 3 is 2.68 bits per heavy atom. The molecule has 0 aliphatic heterocycles. The third-order valence-electron chi connectivity index (χ3n) is 3.46. The van der Waals surface area contributed by atoms with Crippen molar-refractivity contribution in [3.8, 4) is 11.5 Å². The number of carbonyl (C=O) groups is 1. The minimum Gasteiger partial charge on any atom is -0.490 e. The number of aromatic nitrogens is 2. The van der Waals surface area contributed by atoms with Crippen LogP contribution in [-0.2, 0) is 4.79 Å². The molecule has 0 radical (unpaired) electrons. The lowest BCUT2D eigenvalue weighted by Gasteiger charge is -2.16. The number of rotatable bonds is 7. The SMILES string of the molecule is CCOc1cc(NC(=O)C(C)n2ncc(Cl)c2C)ccc1OC(F)F. The van der Waals surface area contributed by atoms with Crippen LogP contribution in [0, 0.1) is 6.92 Å². The van der Waals surface area contributed by atoms with Gasteiger partial charge in [-0.3, -0.25) is 9.48 Å². The average Bonchev–Trinajstić information content (AvgIpc) is 2.88. The van der Waals surface area contributed by atoms with Crippen LogP contribution >= 0.6 is 11.6 Å². The Balaban J connectivity index is 2.17. The van der Waals surface area contributed by atoms with E-state index in [1.165, 1.54) is 29.1 Å². The van der Waals surface area contributed by atoms with Gasteiger partial charge < -0.3 is 14.8 Å². The van der Waals surface area contributed by atoms with E-state index < -0.39 is 12.7 Å². The normalized spacial score (nSPS) is 12.1. The average molecular weight is 374 g/mol. The fraction of sp³-hybridized carbons (Fsp3) is 0.375. The molecule has 136 valence electrons. The molecule has 1 unspecified atom stereocenters. The van der Waals surface area contributed by atoms with Gasteiger partial charge in [-0.1, -0.05) is 11.6 Å². The second kappa shape index (κ2) is 8.15. The van der Waals surface area contributed by atoms with Gasteiger partial charge in [0.1, 0.15) is 6.04 Å². The van der Waals surface area contributed by atoms with Crippen molar-refractivity contribution in [3.63, 3.8) is 0 Å². The third-order valence-corrected chi connectivity index (χ3v) is 3.83. The van der Waals surface area contributed by atoms with E-state index in [1.807, 2.05) is 0 Å². The van der Waals surface area contributed by atoms with Crippen LogP contribution in [0.5, 0.6) is 11.5 Å². The van der Waals surface area contributed by atoms with Crippen molar-refractivity contribution in [1.29, 1.82) is 0 Å². The molecule has 0 spiro atoms. The van der Waals surface area contributed by atoms with Crippen molar-refractivity contribution in [2.45, 2.75) is 33.4 Å². The second-order valence-corrected chi connectivity index (χ2v) is 5.57. The molecule has 1 aromatic heterocycles. The summed E-state index contributed by atoms with van der Waals surface area (Å²) in [6, 6.07) is 3.58. The molecule has 2 aromatic rings. The Kier molecular flexibility index (Phi) is 6.19. The van der Waals surface area contributed by atoms with E-state index in [9.17, 15) is 13.6 Å². The molecule has 1 heterocycles. The quantitative estimate of drug-likeness (QED) is 0.795. The van der Waals surface area contributed by atoms with Crippen LogP contribution in [-0.4, -0.2) is 28.9 Å². The van der Waals surface area contributed by atoms with Crippen molar-refractivity contribution < 1.29 is 23.0 Å². The monoisotopic (exact) mass is 373 g/mol. The molecule has 0 saturated heterocycles. The van der Waals surface area contributed by atoms with Crippen LogP contribution in [0.3, 0.4) is 0 Å². The lowest BCUT2D eigenvalue weighted by atomic mass is 10.2. The van der Waals surface area contributed by atoms with E-state index in [0.717, 1.165) is 0 Å². The summed E-state index contributed by atoms with van der Waals surface area (Å²) in [4.78, 5) is 12.4. The molecule has 6 nitrogen and oxygen atoms in total. The van der Waals surface area contributed by atoms with E-state index in [4.69, 9.17) is 16.3 Å². The molecule has 0 bridgehead atoms. The zero-order chi connectivity index (χ0) is 18.6. The summed E-state index contributed by atoms with van der Waals surface area (Å²) < 4.78 is 36.0. The molecular formula is C16H18ClF2N3O3. The second-order valence-electron chi connectivity index (χ2n) is 5.16. The summed E-state index contributed by atoms with van der Waals surface area (Å²) in [6.45, 7) is 2.43. The van der Waals surface area contributed by atoms with E-state index in [2.05, 4.69) is 15.2 Å². The molecule has 0 saturated carbocycles. The van der Waals surface area contributed by atoms with Crippen LogP contribution in [0.4, 0.5) is 14.5 Å². The van der Waals surface area contributed by atoms with Crippen LogP contribution in [0.2, 0.25) is 5.02 Å². The van der Waals surface area contributed by atoms with Crippen molar-refractivity contribution in [2.75, 3.05) is 11.9 Å². The summed E-state index contributed by atoms with van der Waals surface area (Å²) in [6.07, 6.45) is 1.46. The van der Waals surface area contributed by atoms with E-state index in [1.54, 1.807) is 20.8 Å². The van der Waals surface area contributed by atoms with Gasteiger partial charge in [-0.25, -0.2) is 0 Å². The Morgan fingerprint density at radius 2 is 2.12 bits per heavy atom. The van der Waals surface area contributed by atoms with Crippen LogP contribution < -0.4 is 14.8 Å². The molecule has 1 atom stereocenters. The fourth-order valence-electron chi connectivity index (χ4n) is 2.20. The maximum Gasteiger partial charge on any atom is 0.387 e. The van der Waals surface area contributed by atoms with Gasteiger partial charge in [0.2, 0.25) is 5.91 Å². The Morgan fingerprint density at radius 1 is 1.40 bits per heavy atom. The number of carbonyl (C=O) groups excluding carboxylic acids is 1. The Hall–Kier alpha value is -2.35. The number of hydrogen-bond donors (Lipinski definition) is 1. The number of ether oxygens (including phenoxy) is 2. The molecule has 25 heavy (non-hydrogen) atoms. The minimum absolute atomic E-state index is 0.0994. The highest BCUT2D eigenvalue weighted by Gasteiger charge is 2.20. The van der Waals surface area contributed by atoms with Gasteiger partial charge in [0.25, 0.3) is 0 Å². The maximum atomic E-state index is 12.4. The van der Waals surface area contributed by atoms with Crippen molar-refractivity contribution in [1.82, 2.24) is 9.78 Å². The predicted molar refractivity (Wildman–Crippen MR) is 89.6 cm³/mol. The highest BCUT2D eigenvalue weighted by Crippen LogP contribution is 2.32. The lowest BCUT2D eigenvalue weighted by molar-refractivity contribution is -0.119. The van der Waals surface area contributed by atoms with Gasteiger partial charge in [0, 0.05) is 11.8 Å². The molecule has 0 fully saturated rings. The molecule has 0 aliphatic carbocycles. The minimum atomic E-state index is -2.97. The molecule has 0 aliphatic rings. The number of benzene rings is 1. The van der Waals surface area contributed by atoms with Crippen molar-refractivity contribution in [3.05, 3.63) is 35.1 Å². The summed E-state index contributed by atoms with van der Waals surface area (Å²) in [7, 11) is 0. The predicted octanol–water partition coefficient (Wildman–Crippen LogP) is 4.04. The fourth-order valence-corrected chi connectivity index (χ4v) is 2.33. The highest BCUT2D eigenvalue weighted by molar-refractivity contribution is 6.31. The maximum absolute atomic E-state index is 12.4. The summed E-state index contributed by atoms with van der Waals surface area (Å²) >= 11 is 5.95. The number of halogens is 3. The van der Waals surface area contributed by atoms with Crippen LogP contribution in [0.1, 0.15) is 25.6 Å². The molecule has 9 heteroatoms. The Labute approximate surface area is 148 Å². The molecule has 2 rings (SSSR count). The van der Waals surface area contributed by atoms with E-state index in [-0.39, 0.29) is 24.0 Å². The third kappa shape index (κ3) is 4.60. The number of nitrogens with zero attached hydrogens (tertiary/aromatic N) is 2. The number of hydrogen-bond acceptors (Lipinski definition) is 4. The number of amides is 1. The van der Waals surface area contributed by atoms with E-state index in [0.29, 0.717) is 16.4 Å². The van der Waals surface area contributed by atoms with Crippen LogP contribution in [0.15, 0.2) is 24.4 Å². The van der Waals surface area contributed by atoms with Crippen molar-refractivity contribution in [2.24, 2.45) is 0 Å². The topological polar surface area (TPSA) is 65.4 Å². The van der Waals surface area contributed by atoms with Gasteiger partial charge in [-0.2, -0.15) is 13.9 Å².